The van der Waals surface area contributed by atoms with Gasteiger partial charge >= 0.3 is 5.97 Å². The van der Waals surface area contributed by atoms with Gasteiger partial charge in [0.05, 0.1) is 0 Å². The minimum absolute atomic E-state index is 0.293. The molecule has 0 aliphatic carbocycles. The standard InChI is InChI=1S/C12H23NO2/c1-11(2,3)7-9-5-6-13-12(4,8-9)10(14)15/h9,13H,5-8H2,1-4H3,(H,14,15). The molecule has 1 heterocycles. The maximum Gasteiger partial charge on any atom is 0.323 e. The molecule has 1 aliphatic rings. The first kappa shape index (κ1) is 12.5. The first-order valence-electron chi connectivity index (χ1n) is 5.71. The third-order valence-corrected chi connectivity index (χ3v) is 3.14. The van der Waals surface area contributed by atoms with Crippen LogP contribution in [0.2, 0.25) is 0 Å². The predicted octanol–water partition coefficient (Wildman–Crippen LogP) is 2.27. The lowest BCUT2D eigenvalue weighted by molar-refractivity contribution is -0.146. The van der Waals surface area contributed by atoms with Crippen LogP contribution in [-0.4, -0.2) is 23.2 Å². The normalized spacial score (nSPS) is 32.7. The zero-order chi connectivity index (χ0) is 11.7. The van der Waals surface area contributed by atoms with Gasteiger partial charge in [-0.15, -0.1) is 0 Å². The Labute approximate surface area is 92.3 Å². The van der Waals surface area contributed by atoms with Gasteiger partial charge in [0.1, 0.15) is 5.54 Å². The molecule has 0 radical (unpaired) electrons. The highest BCUT2D eigenvalue weighted by atomic mass is 16.4. The molecule has 0 spiro atoms. The van der Waals surface area contributed by atoms with Gasteiger partial charge in [-0.3, -0.25) is 4.79 Å². The van der Waals surface area contributed by atoms with E-state index in [9.17, 15) is 4.79 Å². The summed E-state index contributed by atoms with van der Waals surface area (Å²) in [6.07, 6.45) is 2.96. The van der Waals surface area contributed by atoms with Crippen molar-refractivity contribution in [1.82, 2.24) is 5.32 Å². The van der Waals surface area contributed by atoms with Crippen molar-refractivity contribution in [2.24, 2.45) is 11.3 Å². The van der Waals surface area contributed by atoms with Crippen LogP contribution in [0.1, 0.15) is 47.0 Å². The van der Waals surface area contributed by atoms with E-state index in [1.165, 1.54) is 0 Å². The molecule has 1 saturated heterocycles. The molecule has 0 saturated carbocycles. The molecule has 15 heavy (non-hydrogen) atoms. The van der Waals surface area contributed by atoms with Gasteiger partial charge in [-0.2, -0.15) is 0 Å². The second kappa shape index (κ2) is 4.12. The summed E-state index contributed by atoms with van der Waals surface area (Å²) in [7, 11) is 0. The van der Waals surface area contributed by atoms with Gasteiger partial charge in [-0.1, -0.05) is 20.8 Å². The molecule has 3 nitrogen and oxygen atoms in total. The van der Waals surface area contributed by atoms with Gasteiger partial charge in [-0.25, -0.2) is 0 Å². The predicted molar refractivity (Wildman–Crippen MR) is 60.8 cm³/mol. The fourth-order valence-electron chi connectivity index (χ4n) is 2.51. The number of nitrogens with one attached hydrogen (secondary N) is 1. The lowest BCUT2D eigenvalue weighted by Gasteiger charge is -2.38. The molecule has 2 unspecified atom stereocenters. The molecular formula is C12H23NO2. The molecule has 0 amide bonds. The highest BCUT2D eigenvalue weighted by molar-refractivity contribution is 5.78. The second-order valence-corrected chi connectivity index (χ2v) is 6.19. The fraction of sp³-hybridized carbons (Fsp3) is 0.917. The number of carboxylic acid groups (broad SMARTS) is 1. The molecule has 0 bridgehead atoms. The Hall–Kier alpha value is -0.570. The van der Waals surface area contributed by atoms with Crippen molar-refractivity contribution in [1.29, 1.82) is 0 Å². The average molecular weight is 213 g/mol. The minimum Gasteiger partial charge on any atom is -0.480 e. The van der Waals surface area contributed by atoms with Gasteiger partial charge in [0, 0.05) is 0 Å². The van der Waals surface area contributed by atoms with Crippen LogP contribution >= 0.6 is 0 Å². The fourth-order valence-corrected chi connectivity index (χ4v) is 2.51. The van der Waals surface area contributed by atoms with Crippen LogP contribution in [-0.2, 0) is 4.79 Å². The lowest BCUT2D eigenvalue weighted by Crippen LogP contribution is -2.54. The maximum atomic E-state index is 11.1. The summed E-state index contributed by atoms with van der Waals surface area (Å²) < 4.78 is 0. The van der Waals surface area contributed by atoms with Crippen LogP contribution in [0.5, 0.6) is 0 Å². The summed E-state index contributed by atoms with van der Waals surface area (Å²) in [6, 6.07) is 0. The lowest BCUT2D eigenvalue weighted by atomic mass is 9.75. The molecule has 0 aromatic heterocycles. The second-order valence-electron chi connectivity index (χ2n) is 6.19. The van der Waals surface area contributed by atoms with E-state index in [0.29, 0.717) is 11.3 Å². The molecule has 3 heteroatoms. The minimum atomic E-state index is -0.721. The Balaban J connectivity index is 2.60. The molecule has 1 rings (SSSR count). The summed E-state index contributed by atoms with van der Waals surface area (Å²) in [5.74, 6) is -0.187. The summed E-state index contributed by atoms with van der Waals surface area (Å²) in [5.41, 5.74) is -0.421. The molecular weight excluding hydrogens is 190 g/mol. The van der Waals surface area contributed by atoms with E-state index < -0.39 is 11.5 Å². The average Bonchev–Trinajstić information content (AvgIpc) is 2.00. The number of hydrogen-bond donors (Lipinski definition) is 2. The van der Waals surface area contributed by atoms with E-state index in [4.69, 9.17) is 5.11 Å². The van der Waals surface area contributed by atoms with Crippen molar-refractivity contribution >= 4 is 5.97 Å². The molecule has 1 aliphatic heterocycles. The topological polar surface area (TPSA) is 49.3 Å². The first-order chi connectivity index (χ1) is 6.73. The van der Waals surface area contributed by atoms with Crippen LogP contribution in [0.25, 0.3) is 0 Å². The Kier molecular flexibility index (Phi) is 3.44. The van der Waals surface area contributed by atoms with E-state index in [0.717, 1.165) is 25.8 Å². The number of carboxylic acids is 1. The van der Waals surface area contributed by atoms with Gasteiger partial charge in [0.25, 0.3) is 0 Å². The number of aliphatic carboxylic acids is 1. The van der Waals surface area contributed by atoms with Gasteiger partial charge < -0.3 is 10.4 Å². The third-order valence-electron chi connectivity index (χ3n) is 3.14. The summed E-state index contributed by atoms with van der Waals surface area (Å²) in [4.78, 5) is 11.1. The van der Waals surface area contributed by atoms with Gasteiger partial charge in [0.2, 0.25) is 0 Å². The molecule has 1 fully saturated rings. The van der Waals surface area contributed by atoms with E-state index in [1.807, 2.05) is 0 Å². The van der Waals surface area contributed by atoms with Crippen molar-refractivity contribution in [3.05, 3.63) is 0 Å². The Bertz CT molecular complexity index is 244. The Morgan fingerprint density at radius 1 is 1.53 bits per heavy atom. The van der Waals surface area contributed by atoms with E-state index in [-0.39, 0.29) is 0 Å². The molecule has 2 atom stereocenters. The van der Waals surface area contributed by atoms with Crippen LogP contribution in [0.15, 0.2) is 0 Å². The highest BCUT2D eigenvalue weighted by Crippen LogP contribution is 2.34. The van der Waals surface area contributed by atoms with Gasteiger partial charge in [0.15, 0.2) is 0 Å². The molecule has 0 aromatic rings. The quantitative estimate of drug-likeness (QED) is 0.739. The Morgan fingerprint density at radius 2 is 2.13 bits per heavy atom. The smallest absolute Gasteiger partial charge is 0.323 e. The largest absolute Gasteiger partial charge is 0.480 e. The zero-order valence-electron chi connectivity index (χ0n) is 10.3. The third kappa shape index (κ3) is 3.49. The SMILES string of the molecule is CC(C)(C)CC1CCNC(C)(C(=O)O)C1. The molecule has 88 valence electrons. The van der Waals surface area contributed by atoms with Gasteiger partial charge in [-0.05, 0) is 44.1 Å². The monoisotopic (exact) mass is 213 g/mol. The van der Waals surface area contributed by atoms with Crippen molar-refractivity contribution < 1.29 is 9.90 Å². The van der Waals surface area contributed by atoms with Crippen LogP contribution in [0.3, 0.4) is 0 Å². The van der Waals surface area contributed by atoms with Crippen molar-refractivity contribution in [2.75, 3.05) is 6.54 Å². The number of carbonyl (C=O) groups is 1. The molecule has 0 aromatic carbocycles. The van der Waals surface area contributed by atoms with Crippen LogP contribution in [0, 0.1) is 11.3 Å². The van der Waals surface area contributed by atoms with Crippen LogP contribution in [0.4, 0.5) is 0 Å². The van der Waals surface area contributed by atoms with E-state index >= 15 is 0 Å². The van der Waals surface area contributed by atoms with Crippen molar-refractivity contribution in [3.8, 4) is 0 Å². The summed E-state index contributed by atoms with van der Waals surface area (Å²) in [5, 5.41) is 12.3. The number of rotatable bonds is 2. The van der Waals surface area contributed by atoms with E-state index in [1.54, 1.807) is 6.92 Å². The van der Waals surface area contributed by atoms with Crippen molar-refractivity contribution in [3.63, 3.8) is 0 Å². The highest BCUT2D eigenvalue weighted by Gasteiger charge is 2.39. The van der Waals surface area contributed by atoms with Crippen LogP contribution < -0.4 is 5.32 Å². The van der Waals surface area contributed by atoms with Crippen molar-refractivity contribution in [2.45, 2.75) is 52.5 Å². The van der Waals surface area contributed by atoms with E-state index in [2.05, 4.69) is 26.1 Å². The zero-order valence-corrected chi connectivity index (χ0v) is 10.3. The maximum absolute atomic E-state index is 11.1. The summed E-state index contributed by atoms with van der Waals surface area (Å²) >= 11 is 0. The Morgan fingerprint density at radius 3 is 2.60 bits per heavy atom. The first-order valence-corrected chi connectivity index (χ1v) is 5.71. The number of piperidine rings is 1. The molecule has 2 N–H and O–H groups in total. The summed E-state index contributed by atoms with van der Waals surface area (Å²) in [6.45, 7) is 9.27. The number of hydrogen-bond acceptors (Lipinski definition) is 2.